The molecule has 96 valence electrons. The largest absolute Gasteiger partial charge is 0.305 e. The molecule has 1 N–H and O–H groups in total. The molecule has 0 amide bonds. The maximum atomic E-state index is 3.82. The number of hydrogen-bond donors (Lipinski definition) is 1. The van der Waals surface area contributed by atoms with E-state index in [1.54, 1.807) is 0 Å². The Kier molecular flexibility index (Phi) is 4.60. The molecule has 1 aromatic rings. The topological polar surface area (TPSA) is 15.3 Å². The van der Waals surface area contributed by atoms with Crippen molar-refractivity contribution >= 4 is 11.3 Å². The summed E-state index contributed by atoms with van der Waals surface area (Å²) in [5, 5.41) is 6.00. The van der Waals surface area contributed by atoms with Crippen LogP contribution in [0.3, 0.4) is 0 Å². The quantitative estimate of drug-likeness (QED) is 0.865. The Balaban J connectivity index is 1.88. The second kappa shape index (κ2) is 5.98. The Hall–Kier alpha value is -0.380. The first-order chi connectivity index (χ1) is 8.20. The molecule has 0 aliphatic carbocycles. The maximum Gasteiger partial charge on any atom is 0.0414 e. The van der Waals surface area contributed by atoms with Crippen molar-refractivity contribution < 1.29 is 0 Å². The molecular weight excluding hydrogens is 228 g/mol. The molecule has 0 spiro atoms. The second-order valence-corrected chi connectivity index (χ2v) is 6.20. The Morgan fingerprint density at radius 1 is 1.53 bits per heavy atom. The molecule has 2 rings (SSSR count). The van der Waals surface area contributed by atoms with Crippen LogP contribution in [0.1, 0.15) is 44.5 Å². The molecule has 0 radical (unpaired) electrons. The normalized spacial score (nSPS) is 23.4. The van der Waals surface area contributed by atoms with Crippen LogP contribution < -0.4 is 5.32 Å². The molecule has 0 bridgehead atoms. The van der Waals surface area contributed by atoms with Gasteiger partial charge >= 0.3 is 0 Å². The lowest BCUT2D eigenvalue weighted by molar-refractivity contribution is 0.265. The minimum atomic E-state index is 0.548. The maximum absolute atomic E-state index is 3.82. The van der Waals surface area contributed by atoms with Gasteiger partial charge in [-0.05, 0) is 44.7 Å². The summed E-state index contributed by atoms with van der Waals surface area (Å²) in [5.74, 6) is 0. The van der Waals surface area contributed by atoms with Crippen LogP contribution in [-0.4, -0.2) is 30.1 Å². The molecule has 1 aromatic heterocycles. The standard InChI is InChI=1S/C14H24N2S/c1-4-13(14-6-5-9-17-14)15-12-7-8-16(10-12)11(2)3/h5-6,9,11-13,15H,4,7-8,10H2,1-3H3. The Labute approximate surface area is 109 Å². The monoisotopic (exact) mass is 252 g/mol. The summed E-state index contributed by atoms with van der Waals surface area (Å²) < 4.78 is 0. The van der Waals surface area contributed by atoms with Crippen LogP contribution in [0, 0.1) is 0 Å². The van der Waals surface area contributed by atoms with Crippen LogP contribution >= 0.6 is 11.3 Å². The molecule has 2 unspecified atom stereocenters. The van der Waals surface area contributed by atoms with E-state index >= 15 is 0 Å². The van der Waals surface area contributed by atoms with Crippen molar-refractivity contribution in [1.82, 2.24) is 10.2 Å². The van der Waals surface area contributed by atoms with Gasteiger partial charge in [-0.3, -0.25) is 4.90 Å². The van der Waals surface area contributed by atoms with Crippen LogP contribution in [0.25, 0.3) is 0 Å². The molecule has 17 heavy (non-hydrogen) atoms. The van der Waals surface area contributed by atoms with Crippen molar-refractivity contribution in [2.24, 2.45) is 0 Å². The van der Waals surface area contributed by atoms with E-state index in [2.05, 4.69) is 48.5 Å². The fourth-order valence-corrected chi connectivity index (χ4v) is 3.44. The van der Waals surface area contributed by atoms with E-state index in [0.29, 0.717) is 18.1 Å². The summed E-state index contributed by atoms with van der Waals surface area (Å²) in [6, 6.07) is 6.31. The van der Waals surface area contributed by atoms with E-state index in [1.807, 2.05) is 11.3 Å². The molecule has 2 nitrogen and oxygen atoms in total. The van der Waals surface area contributed by atoms with Crippen LogP contribution in [0.15, 0.2) is 17.5 Å². The Morgan fingerprint density at radius 3 is 2.88 bits per heavy atom. The average molecular weight is 252 g/mol. The van der Waals surface area contributed by atoms with Crippen molar-refractivity contribution in [2.45, 2.75) is 51.7 Å². The zero-order valence-corrected chi connectivity index (χ0v) is 12.0. The lowest BCUT2D eigenvalue weighted by Crippen LogP contribution is -2.36. The molecule has 1 aliphatic rings. The first-order valence-corrected chi connectivity index (χ1v) is 7.62. The number of hydrogen-bond acceptors (Lipinski definition) is 3. The van der Waals surface area contributed by atoms with Crippen LogP contribution in [0.4, 0.5) is 0 Å². The van der Waals surface area contributed by atoms with Gasteiger partial charge in [-0.15, -0.1) is 11.3 Å². The highest BCUT2D eigenvalue weighted by molar-refractivity contribution is 7.10. The summed E-state index contributed by atoms with van der Waals surface area (Å²) in [6.07, 6.45) is 2.47. The smallest absolute Gasteiger partial charge is 0.0414 e. The van der Waals surface area contributed by atoms with E-state index in [9.17, 15) is 0 Å². The van der Waals surface area contributed by atoms with Gasteiger partial charge in [-0.25, -0.2) is 0 Å². The van der Waals surface area contributed by atoms with Crippen LogP contribution in [-0.2, 0) is 0 Å². The molecule has 1 saturated heterocycles. The van der Waals surface area contributed by atoms with Crippen molar-refractivity contribution in [3.63, 3.8) is 0 Å². The highest BCUT2D eigenvalue weighted by Crippen LogP contribution is 2.24. The summed E-state index contributed by atoms with van der Waals surface area (Å²) in [5.41, 5.74) is 0. The summed E-state index contributed by atoms with van der Waals surface area (Å²) >= 11 is 1.87. The minimum absolute atomic E-state index is 0.548. The van der Waals surface area contributed by atoms with Crippen molar-refractivity contribution in [2.75, 3.05) is 13.1 Å². The molecule has 0 saturated carbocycles. The van der Waals surface area contributed by atoms with Crippen molar-refractivity contribution in [3.05, 3.63) is 22.4 Å². The average Bonchev–Trinajstić information content (AvgIpc) is 2.96. The lowest BCUT2D eigenvalue weighted by Gasteiger charge is -2.23. The molecule has 1 fully saturated rings. The van der Waals surface area contributed by atoms with Gasteiger partial charge in [0.15, 0.2) is 0 Å². The number of likely N-dealkylation sites (tertiary alicyclic amines) is 1. The van der Waals surface area contributed by atoms with E-state index in [4.69, 9.17) is 0 Å². The van der Waals surface area contributed by atoms with E-state index < -0.39 is 0 Å². The number of rotatable bonds is 5. The molecule has 2 atom stereocenters. The highest BCUT2D eigenvalue weighted by atomic mass is 32.1. The van der Waals surface area contributed by atoms with E-state index in [1.165, 1.54) is 30.8 Å². The molecular formula is C14H24N2S. The summed E-state index contributed by atoms with van der Waals surface area (Å²) in [7, 11) is 0. The third kappa shape index (κ3) is 3.30. The fraction of sp³-hybridized carbons (Fsp3) is 0.714. The fourth-order valence-electron chi connectivity index (χ4n) is 2.57. The van der Waals surface area contributed by atoms with E-state index in [0.717, 1.165) is 0 Å². The number of nitrogens with zero attached hydrogens (tertiary/aromatic N) is 1. The number of nitrogens with one attached hydrogen (secondary N) is 1. The molecule has 2 heterocycles. The van der Waals surface area contributed by atoms with Gasteiger partial charge in [0, 0.05) is 29.5 Å². The Bertz CT molecular complexity index is 321. The molecule has 0 aromatic carbocycles. The van der Waals surface area contributed by atoms with Gasteiger partial charge in [0.05, 0.1) is 0 Å². The minimum Gasteiger partial charge on any atom is -0.305 e. The number of thiophene rings is 1. The van der Waals surface area contributed by atoms with Gasteiger partial charge in [0.2, 0.25) is 0 Å². The lowest BCUT2D eigenvalue weighted by atomic mass is 10.1. The summed E-state index contributed by atoms with van der Waals surface area (Å²) in [4.78, 5) is 4.05. The van der Waals surface area contributed by atoms with Gasteiger partial charge in [-0.1, -0.05) is 13.0 Å². The van der Waals surface area contributed by atoms with Crippen molar-refractivity contribution in [3.8, 4) is 0 Å². The highest BCUT2D eigenvalue weighted by Gasteiger charge is 2.26. The van der Waals surface area contributed by atoms with Gasteiger partial charge in [0.1, 0.15) is 0 Å². The third-order valence-electron chi connectivity index (χ3n) is 3.68. The SMILES string of the molecule is CCC(NC1CCN(C(C)C)C1)c1cccs1. The van der Waals surface area contributed by atoms with Crippen LogP contribution in [0.2, 0.25) is 0 Å². The van der Waals surface area contributed by atoms with Gasteiger partial charge in [-0.2, -0.15) is 0 Å². The van der Waals surface area contributed by atoms with Gasteiger partial charge < -0.3 is 5.32 Å². The first kappa shape index (κ1) is 13.1. The summed E-state index contributed by atoms with van der Waals surface area (Å²) in [6.45, 7) is 9.31. The van der Waals surface area contributed by atoms with Crippen LogP contribution in [0.5, 0.6) is 0 Å². The molecule has 1 aliphatic heterocycles. The predicted molar refractivity (Wildman–Crippen MR) is 75.6 cm³/mol. The second-order valence-electron chi connectivity index (χ2n) is 5.22. The Morgan fingerprint density at radius 2 is 2.35 bits per heavy atom. The van der Waals surface area contributed by atoms with Crippen molar-refractivity contribution in [1.29, 1.82) is 0 Å². The van der Waals surface area contributed by atoms with Gasteiger partial charge in [0.25, 0.3) is 0 Å². The first-order valence-electron chi connectivity index (χ1n) is 6.74. The molecule has 3 heteroatoms. The third-order valence-corrected chi connectivity index (χ3v) is 4.67. The zero-order chi connectivity index (χ0) is 12.3. The van der Waals surface area contributed by atoms with E-state index in [-0.39, 0.29) is 0 Å². The predicted octanol–water partition coefficient (Wildman–Crippen LogP) is 3.27. The zero-order valence-electron chi connectivity index (χ0n) is 11.1.